The highest BCUT2D eigenvalue weighted by Crippen LogP contribution is 2.14. The van der Waals surface area contributed by atoms with Crippen molar-refractivity contribution >= 4 is 29.9 Å². The van der Waals surface area contributed by atoms with Crippen molar-refractivity contribution in [1.82, 2.24) is 15.6 Å². The molecule has 0 bridgehead atoms. The lowest BCUT2D eigenvalue weighted by atomic mass is 10.1. The lowest BCUT2D eigenvalue weighted by Crippen LogP contribution is -2.40. The van der Waals surface area contributed by atoms with Crippen LogP contribution >= 0.6 is 24.0 Å². The number of ether oxygens (including phenoxy) is 1. The molecule has 1 aromatic heterocycles. The van der Waals surface area contributed by atoms with Crippen LogP contribution in [0.4, 0.5) is 0 Å². The van der Waals surface area contributed by atoms with Crippen LogP contribution in [0.2, 0.25) is 0 Å². The molecule has 24 heavy (non-hydrogen) atoms. The number of halogens is 1. The molecule has 0 aliphatic rings. The van der Waals surface area contributed by atoms with Gasteiger partial charge in [0, 0.05) is 45.6 Å². The van der Waals surface area contributed by atoms with Crippen molar-refractivity contribution in [3.63, 3.8) is 0 Å². The average Bonchev–Trinajstić information content (AvgIpc) is 2.62. The van der Waals surface area contributed by atoms with E-state index < -0.39 is 0 Å². The van der Waals surface area contributed by atoms with E-state index in [4.69, 9.17) is 4.74 Å². The normalized spacial score (nSPS) is 12.2. The van der Waals surface area contributed by atoms with E-state index >= 15 is 0 Å². The molecule has 6 heteroatoms. The number of aromatic nitrogens is 1. The SMILES string of the molecule is CN=C(NCCc1ccccn1)NCC(OC)c1ccccc1.I. The molecule has 1 unspecified atom stereocenters. The van der Waals surface area contributed by atoms with E-state index in [1.165, 1.54) is 0 Å². The van der Waals surface area contributed by atoms with Crippen LogP contribution in [0.15, 0.2) is 59.7 Å². The first-order valence-electron chi connectivity index (χ1n) is 7.75. The van der Waals surface area contributed by atoms with Crippen molar-refractivity contribution < 1.29 is 4.74 Å². The highest BCUT2D eigenvalue weighted by Gasteiger charge is 2.10. The van der Waals surface area contributed by atoms with Crippen LogP contribution in [0, 0.1) is 0 Å². The number of benzene rings is 1. The smallest absolute Gasteiger partial charge is 0.191 e. The molecule has 0 spiro atoms. The van der Waals surface area contributed by atoms with Gasteiger partial charge in [0.2, 0.25) is 0 Å². The lowest BCUT2D eigenvalue weighted by Gasteiger charge is -2.18. The molecule has 2 aromatic rings. The lowest BCUT2D eigenvalue weighted by molar-refractivity contribution is 0.106. The van der Waals surface area contributed by atoms with Gasteiger partial charge in [0.05, 0.1) is 6.10 Å². The van der Waals surface area contributed by atoms with Gasteiger partial charge in [-0.05, 0) is 17.7 Å². The monoisotopic (exact) mass is 440 g/mol. The molecule has 2 rings (SSSR count). The summed E-state index contributed by atoms with van der Waals surface area (Å²) in [6.07, 6.45) is 2.66. The molecular weight excluding hydrogens is 415 g/mol. The van der Waals surface area contributed by atoms with Gasteiger partial charge in [-0.1, -0.05) is 36.4 Å². The molecule has 0 amide bonds. The highest BCUT2D eigenvalue weighted by atomic mass is 127. The summed E-state index contributed by atoms with van der Waals surface area (Å²) >= 11 is 0. The predicted octanol–water partition coefficient (Wildman–Crippen LogP) is 2.79. The van der Waals surface area contributed by atoms with Crippen LogP contribution in [-0.2, 0) is 11.2 Å². The summed E-state index contributed by atoms with van der Waals surface area (Å²) < 4.78 is 5.55. The standard InChI is InChI=1S/C18H24N4O.HI/c1-19-18(21-13-11-16-10-6-7-12-20-16)22-14-17(23-2)15-8-4-3-5-9-15;/h3-10,12,17H,11,13-14H2,1-2H3,(H2,19,21,22);1H. The summed E-state index contributed by atoms with van der Waals surface area (Å²) in [4.78, 5) is 8.55. The van der Waals surface area contributed by atoms with Gasteiger partial charge in [0.25, 0.3) is 0 Å². The number of nitrogens with one attached hydrogen (secondary N) is 2. The number of rotatable bonds is 7. The van der Waals surface area contributed by atoms with Crippen molar-refractivity contribution in [3.05, 3.63) is 66.0 Å². The fraction of sp³-hybridized carbons (Fsp3) is 0.333. The number of guanidine groups is 1. The largest absolute Gasteiger partial charge is 0.375 e. The summed E-state index contributed by atoms with van der Waals surface area (Å²) in [5, 5.41) is 6.59. The van der Waals surface area contributed by atoms with Gasteiger partial charge < -0.3 is 15.4 Å². The number of hydrogen-bond acceptors (Lipinski definition) is 3. The van der Waals surface area contributed by atoms with Crippen LogP contribution in [0.5, 0.6) is 0 Å². The van der Waals surface area contributed by atoms with Crippen molar-refractivity contribution in [1.29, 1.82) is 0 Å². The van der Waals surface area contributed by atoms with Gasteiger partial charge in [-0.25, -0.2) is 0 Å². The van der Waals surface area contributed by atoms with E-state index in [2.05, 4.69) is 32.7 Å². The van der Waals surface area contributed by atoms with Gasteiger partial charge in [0.1, 0.15) is 0 Å². The second-order valence-corrected chi connectivity index (χ2v) is 5.09. The fourth-order valence-corrected chi connectivity index (χ4v) is 2.27. The molecule has 1 heterocycles. The minimum atomic E-state index is -0.00876. The highest BCUT2D eigenvalue weighted by molar-refractivity contribution is 14.0. The van der Waals surface area contributed by atoms with Crippen molar-refractivity contribution in [2.24, 2.45) is 4.99 Å². The molecule has 0 saturated heterocycles. The Hall–Kier alpha value is -1.67. The second-order valence-electron chi connectivity index (χ2n) is 5.09. The molecule has 0 saturated carbocycles. The van der Waals surface area contributed by atoms with Gasteiger partial charge in [0.15, 0.2) is 5.96 Å². The van der Waals surface area contributed by atoms with E-state index in [1.807, 2.05) is 42.6 Å². The zero-order valence-corrected chi connectivity index (χ0v) is 16.4. The summed E-state index contributed by atoms with van der Waals surface area (Å²) in [5.41, 5.74) is 2.21. The maximum absolute atomic E-state index is 5.55. The van der Waals surface area contributed by atoms with Gasteiger partial charge in [-0.3, -0.25) is 9.98 Å². The molecule has 130 valence electrons. The van der Waals surface area contributed by atoms with Crippen molar-refractivity contribution in [2.45, 2.75) is 12.5 Å². The Kier molecular flexibility index (Phi) is 10.0. The number of nitrogens with zero attached hydrogens (tertiary/aromatic N) is 2. The van der Waals surface area contributed by atoms with Crippen LogP contribution in [0.3, 0.4) is 0 Å². The van der Waals surface area contributed by atoms with Gasteiger partial charge in [-0.15, -0.1) is 24.0 Å². The zero-order chi connectivity index (χ0) is 16.3. The Morgan fingerprint density at radius 2 is 1.88 bits per heavy atom. The summed E-state index contributed by atoms with van der Waals surface area (Å²) in [7, 11) is 3.48. The van der Waals surface area contributed by atoms with Crippen LogP contribution in [-0.4, -0.2) is 38.2 Å². The molecular formula is C18H25IN4O. The molecule has 0 aliphatic heterocycles. The Morgan fingerprint density at radius 3 is 2.50 bits per heavy atom. The topological polar surface area (TPSA) is 58.5 Å². The third-order valence-corrected chi connectivity index (χ3v) is 3.53. The number of pyridine rings is 1. The molecule has 0 fully saturated rings. The van der Waals surface area contributed by atoms with Crippen LogP contribution < -0.4 is 10.6 Å². The minimum absolute atomic E-state index is 0. The summed E-state index contributed by atoms with van der Waals surface area (Å²) in [6.45, 7) is 1.43. The van der Waals surface area contributed by atoms with E-state index in [0.717, 1.165) is 30.2 Å². The second kappa shape index (κ2) is 11.8. The molecule has 5 nitrogen and oxygen atoms in total. The van der Waals surface area contributed by atoms with E-state index in [0.29, 0.717) is 6.54 Å². The quantitative estimate of drug-likeness (QED) is 0.395. The summed E-state index contributed by atoms with van der Waals surface area (Å²) in [6, 6.07) is 16.1. The summed E-state index contributed by atoms with van der Waals surface area (Å²) in [5.74, 6) is 0.763. The Balaban J connectivity index is 0.00000288. The predicted molar refractivity (Wildman–Crippen MR) is 109 cm³/mol. The van der Waals surface area contributed by atoms with E-state index in [1.54, 1.807) is 14.2 Å². The fourth-order valence-electron chi connectivity index (χ4n) is 2.27. The zero-order valence-electron chi connectivity index (χ0n) is 14.1. The third-order valence-electron chi connectivity index (χ3n) is 3.53. The molecule has 0 aliphatic carbocycles. The maximum Gasteiger partial charge on any atom is 0.191 e. The minimum Gasteiger partial charge on any atom is -0.375 e. The van der Waals surface area contributed by atoms with Crippen LogP contribution in [0.1, 0.15) is 17.4 Å². The first-order chi connectivity index (χ1) is 11.3. The third kappa shape index (κ3) is 6.84. The molecule has 1 aromatic carbocycles. The van der Waals surface area contributed by atoms with Gasteiger partial charge in [-0.2, -0.15) is 0 Å². The van der Waals surface area contributed by atoms with E-state index in [9.17, 15) is 0 Å². The Labute approximate surface area is 161 Å². The molecule has 1 atom stereocenters. The van der Waals surface area contributed by atoms with Gasteiger partial charge >= 0.3 is 0 Å². The Bertz CT molecular complexity index is 592. The molecule has 0 radical (unpaired) electrons. The number of aliphatic imine (C=N–C) groups is 1. The van der Waals surface area contributed by atoms with E-state index in [-0.39, 0.29) is 30.1 Å². The van der Waals surface area contributed by atoms with Crippen molar-refractivity contribution in [2.75, 3.05) is 27.2 Å². The average molecular weight is 440 g/mol. The first-order valence-corrected chi connectivity index (χ1v) is 7.75. The number of methoxy groups -OCH3 is 1. The van der Waals surface area contributed by atoms with Crippen molar-refractivity contribution in [3.8, 4) is 0 Å². The molecule has 2 N–H and O–H groups in total. The van der Waals surface area contributed by atoms with Crippen LogP contribution in [0.25, 0.3) is 0 Å². The maximum atomic E-state index is 5.55. The Morgan fingerprint density at radius 1 is 1.12 bits per heavy atom. The first kappa shape index (κ1) is 20.4. The number of hydrogen-bond donors (Lipinski definition) is 2.